The fourth-order valence-corrected chi connectivity index (χ4v) is 2.96. The lowest BCUT2D eigenvalue weighted by Gasteiger charge is -2.23. The Morgan fingerprint density at radius 3 is 2.00 bits per heavy atom. The molecular weight excluding hydrogens is 352 g/mol. The minimum absolute atomic E-state index is 0.0929. The van der Waals surface area contributed by atoms with Gasteiger partial charge in [0.1, 0.15) is 12.3 Å². The molecule has 2 unspecified atom stereocenters. The molecule has 0 bridgehead atoms. The van der Waals surface area contributed by atoms with E-state index in [1.54, 1.807) is 0 Å². The lowest BCUT2D eigenvalue weighted by Crippen LogP contribution is -2.52. The van der Waals surface area contributed by atoms with E-state index in [0.29, 0.717) is 19.3 Å². The third-order valence-corrected chi connectivity index (χ3v) is 4.54. The van der Waals surface area contributed by atoms with Crippen molar-refractivity contribution in [2.45, 2.75) is 45.2 Å². The predicted molar refractivity (Wildman–Crippen MR) is 110 cm³/mol. The van der Waals surface area contributed by atoms with E-state index in [2.05, 4.69) is 10.6 Å². The lowest BCUT2D eigenvalue weighted by molar-refractivity contribution is -0.131. The fraction of sp³-hybridized carbons (Fsp3) is 0.348. The summed E-state index contributed by atoms with van der Waals surface area (Å²) in [6.45, 7) is 3.74. The molecule has 0 aromatic heterocycles. The van der Waals surface area contributed by atoms with Crippen LogP contribution in [-0.2, 0) is 27.2 Å². The molecule has 2 aromatic carbocycles. The number of hydrogen-bond acceptors (Lipinski definition) is 3. The van der Waals surface area contributed by atoms with Crippen LogP contribution in [0.25, 0.3) is 0 Å². The summed E-state index contributed by atoms with van der Waals surface area (Å²) in [6.07, 6.45) is 2.08. The highest BCUT2D eigenvalue weighted by atomic mass is 16.2. The van der Waals surface area contributed by atoms with E-state index < -0.39 is 12.1 Å². The molecule has 0 radical (unpaired) electrons. The number of amides is 2. The first-order chi connectivity index (χ1) is 13.5. The van der Waals surface area contributed by atoms with Crippen LogP contribution < -0.4 is 10.6 Å². The molecule has 2 aromatic rings. The molecule has 0 aliphatic rings. The Bertz CT molecular complexity index is 760. The molecule has 5 nitrogen and oxygen atoms in total. The van der Waals surface area contributed by atoms with Crippen LogP contribution in [0.15, 0.2) is 60.7 Å². The van der Waals surface area contributed by atoms with Gasteiger partial charge < -0.3 is 15.4 Å². The van der Waals surface area contributed by atoms with Crippen molar-refractivity contribution < 1.29 is 14.4 Å². The van der Waals surface area contributed by atoms with Crippen LogP contribution in [-0.4, -0.2) is 30.2 Å². The standard InChI is InChI=1S/C23H28N2O3/c1-17(2)22(25-21(27)14-13-18-9-5-3-6-10-18)23(28)24-20(16-26)15-19-11-7-4-8-12-19/h3-12,16-17,20,22H,13-15H2,1-2H3,(H,24,28)(H,25,27). The number of hydrogen-bond donors (Lipinski definition) is 2. The van der Waals surface area contributed by atoms with Crippen LogP contribution in [0.1, 0.15) is 31.4 Å². The van der Waals surface area contributed by atoms with Crippen LogP contribution in [0, 0.1) is 5.92 Å². The lowest BCUT2D eigenvalue weighted by atomic mass is 10.0. The maximum absolute atomic E-state index is 12.7. The van der Waals surface area contributed by atoms with Gasteiger partial charge in [-0.3, -0.25) is 9.59 Å². The molecule has 0 heterocycles. The number of rotatable bonds is 10. The summed E-state index contributed by atoms with van der Waals surface area (Å²) in [4.78, 5) is 36.4. The van der Waals surface area contributed by atoms with Crippen LogP contribution in [0.3, 0.4) is 0 Å². The van der Waals surface area contributed by atoms with Crippen molar-refractivity contribution in [2.75, 3.05) is 0 Å². The van der Waals surface area contributed by atoms with Crippen LogP contribution in [0.5, 0.6) is 0 Å². The van der Waals surface area contributed by atoms with E-state index >= 15 is 0 Å². The van der Waals surface area contributed by atoms with Crippen molar-refractivity contribution >= 4 is 18.1 Å². The van der Waals surface area contributed by atoms with Crippen molar-refractivity contribution in [2.24, 2.45) is 5.92 Å². The van der Waals surface area contributed by atoms with Gasteiger partial charge in [0.05, 0.1) is 6.04 Å². The van der Waals surface area contributed by atoms with Gasteiger partial charge in [0, 0.05) is 6.42 Å². The largest absolute Gasteiger partial charge is 0.344 e. The Labute approximate surface area is 166 Å². The Balaban J connectivity index is 1.90. The van der Waals surface area contributed by atoms with Gasteiger partial charge in [-0.2, -0.15) is 0 Å². The number of carbonyl (C=O) groups excluding carboxylic acids is 3. The minimum Gasteiger partial charge on any atom is -0.344 e. The van der Waals surface area contributed by atoms with Crippen molar-refractivity contribution in [3.05, 3.63) is 71.8 Å². The molecule has 5 heteroatoms. The number of nitrogens with one attached hydrogen (secondary N) is 2. The molecular formula is C23H28N2O3. The summed E-state index contributed by atoms with van der Waals surface area (Å²) in [5.74, 6) is -0.607. The van der Waals surface area contributed by atoms with E-state index in [0.717, 1.165) is 17.4 Å². The zero-order valence-electron chi connectivity index (χ0n) is 16.4. The maximum atomic E-state index is 12.7. The van der Waals surface area contributed by atoms with Crippen LogP contribution in [0.2, 0.25) is 0 Å². The average molecular weight is 380 g/mol. The Morgan fingerprint density at radius 2 is 1.46 bits per heavy atom. The molecule has 148 valence electrons. The highest BCUT2D eigenvalue weighted by Gasteiger charge is 2.26. The van der Waals surface area contributed by atoms with Gasteiger partial charge in [0.15, 0.2) is 0 Å². The quantitative estimate of drug-likeness (QED) is 0.622. The van der Waals surface area contributed by atoms with Gasteiger partial charge in [0.2, 0.25) is 11.8 Å². The van der Waals surface area contributed by atoms with Crippen molar-refractivity contribution in [3.63, 3.8) is 0 Å². The third kappa shape index (κ3) is 6.99. The molecule has 2 rings (SSSR count). The molecule has 2 atom stereocenters. The molecule has 28 heavy (non-hydrogen) atoms. The van der Waals surface area contributed by atoms with Gasteiger partial charge >= 0.3 is 0 Å². The molecule has 0 fully saturated rings. The zero-order chi connectivity index (χ0) is 20.4. The number of benzene rings is 2. The summed E-state index contributed by atoms with van der Waals surface area (Å²) >= 11 is 0. The smallest absolute Gasteiger partial charge is 0.243 e. The summed E-state index contributed by atoms with van der Waals surface area (Å²) in [7, 11) is 0. The highest BCUT2D eigenvalue weighted by Crippen LogP contribution is 2.07. The monoisotopic (exact) mass is 380 g/mol. The van der Waals surface area contributed by atoms with Crippen LogP contribution >= 0.6 is 0 Å². The second-order valence-electron chi connectivity index (χ2n) is 7.22. The molecule has 2 N–H and O–H groups in total. The fourth-order valence-electron chi connectivity index (χ4n) is 2.96. The van der Waals surface area contributed by atoms with Crippen molar-refractivity contribution in [1.29, 1.82) is 0 Å². The first kappa shape index (κ1) is 21.4. The second-order valence-corrected chi connectivity index (χ2v) is 7.22. The number of aldehydes is 1. The SMILES string of the molecule is CC(C)C(NC(=O)CCc1ccccc1)C(=O)NC(C=O)Cc1ccccc1. The first-order valence-corrected chi connectivity index (χ1v) is 9.62. The molecule has 0 saturated heterocycles. The number of aryl methyl sites for hydroxylation is 1. The minimum atomic E-state index is -0.679. The van der Waals surface area contributed by atoms with E-state index in [9.17, 15) is 14.4 Å². The summed E-state index contributed by atoms with van der Waals surface area (Å²) in [5, 5.41) is 5.57. The van der Waals surface area contributed by atoms with E-state index in [1.807, 2.05) is 74.5 Å². The average Bonchev–Trinajstić information content (AvgIpc) is 2.71. The molecule has 0 aliphatic carbocycles. The van der Waals surface area contributed by atoms with E-state index in [-0.39, 0.29) is 17.7 Å². The Morgan fingerprint density at radius 1 is 0.893 bits per heavy atom. The summed E-state index contributed by atoms with van der Waals surface area (Å²) < 4.78 is 0. The second kappa shape index (κ2) is 11.0. The molecule has 2 amide bonds. The molecule has 0 aliphatic heterocycles. The van der Waals surface area contributed by atoms with Gasteiger partial charge in [0.25, 0.3) is 0 Å². The first-order valence-electron chi connectivity index (χ1n) is 9.62. The normalized spacial score (nSPS) is 12.8. The van der Waals surface area contributed by atoms with E-state index in [1.165, 1.54) is 0 Å². The van der Waals surface area contributed by atoms with Gasteiger partial charge in [-0.15, -0.1) is 0 Å². The highest BCUT2D eigenvalue weighted by molar-refractivity contribution is 5.89. The Kier molecular flexibility index (Phi) is 8.40. The van der Waals surface area contributed by atoms with Crippen LogP contribution in [0.4, 0.5) is 0 Å². The topological polar surface area (TPSA) is 75.3 Å². The Hall–Kier alpha value is -2.95. The predicted octanol–water partition coefficient (Wildman–Crippen LogP) is 2.69. The zero-order valence-corrected chi connectivity index (χ0v) is 16.4. The summed E-state index contributed by atoms with van der Waals surface area (Å²) in [5.41, 5.74) is 2.04. The number of carbonyl (C=O) groups is 3. The van der Waals surface area contributed by atoms with Gasteiger partial charge in [-0.25, -0.2) is 0 Å². The van der Waals surface area contributed by atoms with Gasteiger partial charge in [-0.1, -0.05) is 74.5 Å². The molecule has 0 spiro atoms. The van der Waals surface area contributed by atoms with Crippen molar-refractivity contribution in [3.8, 4) is 0 Å². The van der Waals surface area contributed by atoms with Crippen molar-refractivity contribution in [1.82, 2.24) is 10.6 Å². The van der Waals surface area contributed by atoms with Gasteiger partial charge in [-0.05, 0) is 29.9 Å². The maximum Gasteiger partial charge on any atom is 0.243 e. The third-order valence-electron chi connectivity index (χ3n) is 4.54. The summed E-state index contributed by atoms with van der Waals surface area (Å²) in [6, 6.07) is 17.9. The molecule has 0 saturated carbocycles. The van der Waals surface area contributed by atoms with E-state index in [4.69, 9.17) is 0 Å².